The van der Waals surface area contributed by atoms with Gasteiger partial charge in [-0.05, 0) is 97.3 Å². The summed E-state index contributed by atoms with van der Waals surface area (Å²) in [5, 5.41) is 6.99. The fourth-order valence-electron chi connectivity index (χ4n) is 9.06. The molecule has 0 saturated carbocycles. The first-order valence-corrected chi connectivity index (χ1v) is 19.0. The molecule has 0 amide bonds. The lowest BCUT2D eigenvalue weighted by Gasteiger charge is -2.11. The topological polar surface area (TPSA) is 64.6 Å². The molecule has 0 spiro atoms. The van der Waals surface area contributed by atoms with Crippen LogP contribution in [0.15, 0.2) is 162 Å². The fraction of sp³-hybridized carbons (Fsp3) is 0.0400. The summed E-state index contributed by atoms with van der Waals surface area (Å²) in [5.41, 5.74) is 14.9. The number of aryl methyl sites for hydroxylation is 2. The van der Waals surface area contributed by atoms with Crippen molar-refractivity contribution in [2.24, 2.45) is 0 Å². The minimum atomic E-state index is 0.863. The van der Waals surface area contributed by atoms with Crippen LogP contribution in [-0.4, -0.2) is 24.1 Å². The molecule has 0 unspecified atom stereocenters. The van der Waals surface area contributed by atoms with E-state index in [0.29, 0.717) is 0 Å². The van der Waals surface area contributed by atoms with Crippen LogP contribution in [0.2, 0.25) is 0 Å². The summed E-state index contributed by atoms with van der Waals surface area (Å²) >= 11 is 0. The van der Waals surface area contributed by atoms with Gasteiger partial charge in [0, 0.05) is 60.8 Å². The van der Waals surface area contributed by atoms with E-state index < -0.39 is 0 Å². The maximum absolute atomic E-state index is 6.37. The summed E-state index contributed by atoms with van der Waals surface area (Å²) in [6.07, 6.45) is 1.86. The Bertz CT molecular complexity index is 3550. The van der Waals surface area contributed by atoms with Crippen molar-refractivity contribution in [3.05, 3.63) is 169 Å². The minimum absolute atomic E-state index is 0.863. The van der Waals surface area contributed by atoms with Crippen molar-refractivity contribution < 1.29 is 4.42 Å². The number of H-pyrrole nitrogens is 1. The number of aromatic amines is 1. The predicted molar refractivity (Wildman–Crippen MR) is 230 cm³/mol. The van der Waals surface area contributed by atoms with Gasteiger partial charge in [0.15, 0.2) is 0 Å². The molecule has 1 N–H and O–H groups in total. The molecule has 5 heterocycles. The van der Waals surface area contributed by atoms with E-state index in [1.54, 1.807) is 0 Å². The van der Waals surface area contributed by atoms with E-state index >= 15 is 0 Å². The number of nitrogens with one attached hydrogen (secondary N) is 1. The normalized spacial score (nSPS) is 12.1. The lowest BCUT2D eigenvalue weighted by molar-refractivity contribution is 0.669. The van der Waals surface area contributed by atoms with Gasteiger partial charge in [-0.3, -0.25) is 9.13 Å². The van der Waals surface area contributed by atoms with Crippen molar-refractivity contribution in [1.82, 2.24) is 24.1 Å². The van der Waals surface area contributed by atoms with Gasteiger partial charge in [-0.1, -0.05) is 84.9 Å². The Kier molecular flexibility index (Phi) is 6.38. The summed E-state index contributed by atoms with van der Waals surface area (Å²) in [6, 6.07) is 53.7. The molecule has 12 aromatic rings. The molecule has 0 fully saturated rings. The summed E-state index contributed by atoms with van der Waals surface area (Å²) < 4.78 is 11.0. The number of imidazole rings is 1. The molecule has 5 aromatic heterocycles. The second kappa shape index (κ2) is 11.5. The van der Waals surface area contributed by atoms with Gasteiger partial charge < -0.3 is 9.40 Å². The molecule has 6 nitrogen and oxygen atoms in total. The minimum Gasteiger partial charge on any atom is -0.456 e. The standard InChI is InChI=1S/C50H33N5O/c1-29-18-21-34-38(27-29)52-49-37(22-19-30(2)45(34)49)50-53-48-33(14-10-15-40(48)54(50)32-11-4-3-5-12-32)31-20-23-35-41(28-31)55(44-17-8-9-26-51-44)39-24-25-43-47(46(35)39)36-13-6-7-16-42(36)56-43/h3-28,52H,1-2H3. The second-order valence-corrected chi connectivity index (χ2v) is 14.8. The van der Waals surface area contributed by atoms with Crippen molar-refractivity contribution in [1.29, 1.82) is 0 Å². The van der Waals surface area contributed by atoms with E-state index in [1.165, 1.54) is 21.9 Å². The van der Waals surface area contributed by atoms with E-state index in [1.807, 2.05) is 30.5 Å². The zero-order valence-corrected chi connectivity index (χ0v) is 30.7. The number of para-hydroxylation sites is 3. The Morgan fingerprint density at radius 2 is 1.41 bits per heavy atom. The molecule has 6 heteroatoms. The molecule has 12 rings (SSSR count). The van der Waals surface area contributed by atoms with Gasteiger partial charge in [0.05, 0.1) is 27.6 Å². The zero-order valence-electron chi connectivity index (χ0n) is 30.7. The summed E-state index contributed by atoms with van der Waals surface area (Å²) in [5.74, 6) is 1.76. The third-order valence-corrected chi connectivity index (χ3v) is 11.5. The maximum atomic E-state index is 6.37. The van der Waals surface area contributed by atoms with E-state index in [-0.39, 0.29) is 0 Å². The number of benzene rings is 7. The first-order valence-electron chi connectivity index (χ1n) is 19.0. The maximum Gasteiger partial charge on any atom is 0.147 e. The lowest BCUT2D eigenvalue weighted by Crippen LogP contribution is -1.98. The Balaban J connectivity index is 1.15. The fourth-order valence-corrected chi connectivity index (χ4v) is 9.06. The predicted octanol–water partition coefficient (Wildman–Crippen LogP) is 13.0. The number of rotatable bonds is 4. The van der Waals surface area contributed by atoms with Crippen LogP contribution in [0.25, 0.3) is 111 Å². The Morgan fingerprint density at radius 1 is 0.554 bits per heavy atom. The molecule has 56 heavy (non-hydrogen) atoms. The van der Waals surface area contributed by atoms with E-state index in [2.05, 4.69) is 155 Å². The van der Waals surface area contributed by atoms with Gasteiger partial charge in [-0.25, -0.2) is 9.97 Å². The van der Waals surface area contributed by atoms with E-state index in [9.17, 15) is 0 Å². The molecule has 0 radical (unpaired) electrons. The third kappa shape index (κ3) is 4.32. The molecule has 264 valence electrons. The highest BCUT2D eigenvalue weighted by Gasteiger charge is 2.23. The van der Waals surface area contributed by atoms with Crippen LogP contribution in [-0.2, 0) is 0 Å². The molecular formula is C50H33N5O. The number of nitrogens with zero attached hydrogens (tertiary/aromatic N) is 4. The smallest absolute Gasteiger partial charge is 0.147 e. The van der Waals surface area contributed by atoms with Gasteiger partial charge in [0.1, 0.15) is 22.8 Å². The monoisotopic (exact) mass is 719 g/mol. The van der Waals surface area contributed by atoms with Crippen LogP contribution in [0.5, 0.6) is 0 Å². The molecule has 0 bridgehead atoms. The second-order valence-electron chi connectivity index (χ2n) is 14.8. The number of pyridine rings is 1. The summed E-state index contributed by atoms with van der Waals surface area (Å²) in [6.45, 7) is 4.33. The van der Waals surface area contributed by atoms with Gasteiger partial charge >= 0.3 is 0 Å². The molecule has 0 aliphatic rings. The van der Waals surface area contributed by atoms with E-state index in [0.717, 1.165) is 99.8 Å². The molecule has 0 atom stereocenters. The number of aromatic nitrogens is 5. The number of fused-ring (bicyclic) bond motifs is 11. The van der Waals surface area contributed by atoms with Crippen molar-refractivity contribution in [2.45, 2.75) is 13.8 Å². The average molecular weight is 720 g/mol. The Labute approximate surface area is 320 Å². The summed E-state index contributed by atoms with van der Waals surface area (Å²) in [7, 11) is 0. The van der Waals surface area contributed by atoms with Crippen LogP contribution in [0.4, 0.5) is 0 Å². The first-order chi connectivity index (χ1) is 27.6. The van der Waals surface area contributed by atoms with Gasteiger partial charge in [0.2, 0.25) is 0 Å². The number of furan rings is 1. The van der Waals surface area contributed by atoms with Crippen molar-refractivity contribution >= 4 is 76.6 Å². The Hall–Kier alpha value is -7.44. The van der Waals surface area contributed by atoms with Crippen LogP contribution in [0.3, 0.4) is 0 Å². The van der Waals surface area contributed by atoms with Gasteiger partial charge in [-0.2, -0.15) is 0 Å². The molecule has 0 aliphatic carbocycles. The lowest BCUT2D eigenvalue weighted by atomic mass is 10.0. The first kappa shape index (κ1) is 31.0. The van der Waals surface area contributed by atoms with Crippen LogP contribution in [0.1, 0.15) is 11.1 Å². The zero-order chi connectivity index (χ0) is 37.1. The number of hydrogen-bond acceptors (Lipinski definition) is 3. The highest BCUT2D eigenvalue weighted by molar-refractivity contribution is 6.27. The van der Waals surface area contributed by atoms with Crippen LogP contribution >= 0.6 is 0 Å². The molecule has 0 saturated heterocycles. The average Bonchev–Trinajstić information content (AvgIpc) is 4.00. The highest BCUT2D eigenvalue weighted by Crippen LogP contribution is 2.44. The van der Waals surface area contributed by atoms with Crippen molar-refractivity contribution in [3.8, 4) is 34.0 Å². The molecular weight excluding hydrogens is 687 g/mol. The third-order valence-electron chi connectivity index (χ3n) is 11.5. The number of hydrogen-bond donors (Lipinski definition) is 1. The quantitative estimate of drug-likeness (QED) is 0.197. The SMILES string of the molecule is Cc1ccc2c(c1)[nH]c1c(-c3nc4c(-c5ccc6c7c8c(ccc7n(-c7ccccn7)c6c5)oc5ccccc58)cccc4n3-c3ccccc3)ccc(C)c12. The molecule has 0 aliphatic heterocycles. The Morgan fingerprint density at radius 3 is 2.30 bits per heavy atom. The van der Waals surface area contributed by atoms with Crippen LogP contribution < -0.4 is 0 Å². The largest absolute Gasteiger partial charge is 0.456 e. The van der Waals surface area contributed by atoms with Crippen molar-refractivity contribution in [3.63, 3.8) is 0 Å². The van der Waals surface area contributed by atoms with E-state index in [4.69, 9.17) is 14.4 Å². The highest BCUT2D eigenvalue weighted by atomic mass is 16.3. The van der Waals surface area contributed by atoms with Crippen molar-refractivity contribution in [2.75, 3.05) is 0 Å². The molecule has 7 aromatic carbocycles. The van der Waals surface area contributed by atoms with Crippen LogP contribution in [0, 0.1) is 13.8 Å². The van der Waals surface area contributed by atoms with Gasteiger partial charge in [0.25, 0.3) is 0 Å². The summed E-state index contributed by atoms with van der Waals surface area (Å²) in [4.78, 5) is 14.2. The van der Waals surface area contributed by atoms with Gasteiger partial charge in [-0.15, -0.1) is 0 Å².